The van der Waals surface area contributed by atoms with Gasteiger partial charge in [0.2, 0.25) is 5.13 Å². The van der Waals surface area contributed by atoms with E-state index >= 15 is 0 Å². The number of aromatic nitrogens is 2. The third-order valence-electron chi connectivity index (χ3n) is 3.25. The largest absolute Gasteiger partial charge is 0.374 e. The predicted molar refractivity (Wildman–Crippen MR) is 84.5 cm³/mol. The molecule has 2 N–H and O–H groups in total. The molecule has 0 fully saturated rings. The molecule has 1 aromatic heterocycles. The summed E-state index contributed by atoms with van der Waals surface area (Å²) in [7, 11) is 0. The zero-order valence-electron chi connectivity index (χ0n) is 12.0. The van der Waals surface area contributed by atoms with Gasteiger partial charge in [0.15, 0.2) is 10.1 Å². The Morgan fingerprint density at radius 2 is 2.00 bits per heavy atom. The second-order valence-corrected chi connectivity index (χ2v) is 6.97. The first kappa shape index (κ1) is 15.0. The second-order valence-electron chi connectivity index (χ2n) is 4.74. The average molecular weight is 307 g/mol. The van der Waals surface area contributed by atoms with E-state index in [0.29, 0.717) is 5.13 Å². The molecule has 0 saturated heterocycles. The van der Waals surface area contributed by atoms with Crippen LogP contribution in [-0.4, -0.2) is 16.0 Å². The minimum atomic E-state index is 0.117. The summed E-state index contributed by atoms with van der Waals surface area (Å²) in [6.45, 7) is 7.70. The van der Waals surface area contributed by atoms with Crippen molar-refractivity contribution >= 4 is 34.0 Å². The molecule has 0 saturated carbocycles. The summed E-state index contributed by atoms with van der Waals surface area (Å²) in [5.41, 5.74) is 10.9. The highest BCUT2D eigenvalue weighted by molar-refractivity contribution is 8.00. The zero-order chi connectivity index (χ0) is 14.9. The van der Waals surface area contributed by atoms with Gasteiger partial charge in [0.05, 0.1) is 0 Å². The number of hydrogen-bond donors (Lipinski definition) is 1. The predicted octanol–water partition coefficient (Wildman–Crippen LogP) is 3.54. The number of nitrogens with zero attached hydrogens (tertiary/aromatic N) is 2. The topological polar surface area (TPSA) is 68.9 Å². The maximum atomic E-state index is 11.8. The van der Waals surface area contributed by atoms with Gasteiger partial charge in [-0.25, -0.2) is 0 Å². The number of carbonyl (C=O) groups excluding carboxylic acids is 1. The Morgan fingerprint density at radius 3 is 2.55 bits per heavy atom. The van der Waals surface area contributed by atoms with Gasteiger partial charge in [-0.3, -0.25) is 4.79 Å². The van der Waals surface area contributed by atoms with Crippen molar-refractivity contribution in [3.63, 3.8) is 0 Å². The molecule has 0 aliphatic rings. The number of aryl methyl sites for hydroxylation is 2. The van der Waals surface area contributed by atoms with Crippen molar-refractivity contribution in [1.29, 1.82) is 0 Å². The van der Waals surface area contributed by atoms with Crippen LogP contribution in [0.15, 0.2) is 10.4 Å². The molecule has 0 unspecified atom stereocenters. The molecule has 106 valence electrons. The fraction of sp³-hybridized carbons (Fsp3) is 0.357. The first-order valence-corrected chi connectivity index (χ1v) is 8.02. The standard InChI is InChI=1S/C14H17N3OS2/c1-7-5-8(2)12(10(4)18)9(3)11(7)6-19-14-17-16-13(15)20-14/h5H,6H2,1-4H3,(H2,15,16). The molecular weight excluding hydrogens is 290 g/mol. The quantitative estimate of drug-likeness (QED) is 0.691. The number of nitrogens with two attached hydrogens (primary N) is 1. The fourth-order valence-electron chi connectivity index (χ4n) is 2.40. The van der Waals surface area contributed by atoms with Crippen LogP contribution in [0.3, 0.4) is 0 Å². The van der Waals surface area contributed by atoms with Crippen LogP contribution < -0.4 is 5.73 Å². The van der Waals surface area contributed by atoms with Gasteiger partial charge < -0.3 is 5.73 Å². The van der Waals surface area contributed by atoms with E-state index in [1.165, 1.54) is 22.5 Å². The first-order chi connectivity index (χ1) is 9.40. The van der Waals surface area contributed by atoms with E-state index in [9.17, 15) is 4.79 Å². The minimum absolute atomic E-state index is 0.117. The van der Waals surface area contributed by atoms with Crippen molar-refractivity contribution in [2.24, 2.45) is 0 Å². The maximum absolute atomic E-state index is 11.8. The van der Waals surface area contributed by atoms with Crippen molar-refractivity contribution in [3.8, 4) is 0 Å². The van der Waals surface area contributed by atoms with Crippen LogP contribution in [-0.2, 0) is 5.75 Å². The van der Waals surface area contributed by atoms with E-state index in [1.54, 1.807) is 18.7 Å². The van der Waals surface area contributed by atoms with Gasteiger partial charge in [0.1, 0.15) is 0 Å². The van der Waals surface area contributed by atoms with Crippen LogP contribution in [0.5, 0.6) is 0 Å². The van der Waals surface area contributed by atoms with Crippen LogP contribution in [0.2, 0.25) is 0 Å². The Labute approximate surface area is 126 Å². The average Bonchev–Trinajstić information content (AvgIpc) is 2.73. The number of carbonyl (C=O) groups is 1. The summed E-state index contributed by atoms with van der Waals surface area (Å²) < 4.78 is 0.853. The molecule has 0 bridgehead atoms. The number of nitrogen functional groups attached to an aromatic ring is 1. The molecule has 6 heteroatoms. The van der Waals surface area contributed by atoms with Crippen LogP contribution >= 0.6 is 23.1 Å². The van der Waals surface area contributed by atoms with Crippen LogP contribution in [0.4, 0.5) is 5.13 Å². The Morgan fingerprint density at radius 1 is 1.30 bits per heavy atom. The Hall–Kier alpha value is -1.40. The molecule has 0 atom stereocenters. The van der Waals surface area contributed by atoms with Crippen molar-refractivity contribution in [2.75, 3.05) is 5.73 Å². The molecule has 4 nitrogen and oxygen atoms in total. The van der Waals surface area contributed by atoms with Crippen LogP contribution in [0.1, 0.15) is 39.5 Å². The number of hydrogen-bond acceptors (Lipinski definition) is 6. The van der Waals surface area contributed by atoms with Crippen molar-refractivity contribution in [1.82, 2.24) is 10.2 Å². The lowest BCUT2D eigenvalue weighted by atomic mass is 9.92. The molecule has 0 spiro atoms. The lowest BCUT2D eigenvalue weighted by molar-refractivity contribution is 0.101. The van der Waals surface area contributed by atoms with E-state index in [0.717, 1.165) is 26.8 Å². The van der Waals surface area contributed by atoms with E-state index in [-0.39, 0.29) is 5.78 Å². The number of anilines is 1. The van der Waals surface area contributed by atoms with Crippen molar-refractivity contribution < 1.29 is 4.79 Å². The molecule has 2 aromatic rings. The van der Waals surface area contributed by atoms with Gasteiger partial charge >= 0.3 is 0 Å². The van der Waals surface area contributed by atoms with Crippen molar-refractivity contribution in [2.45, 2.75) is 37.8 Å². The van der Waals surface area contributed by atoms with Crippen LogP contribution in [0.25, 0.3) is 0 Å². The lowest BCUT2D eigenvalue weighted by Crippen LogP contribution is -2.05. The summed E-state index contributed by atoms with van der Waals surface area (Å²) in [6, 6.07) is 2.08. The first-order valence-electron chi connectivity index (χ1n) is 6.22. The molecule has 1 aromatic carbocycles. The van der Waals surface area contributed by atoms with E-state index in [4.69, 9.17) is 5.73 Å². The number of benzene rings is 1. The lowest BCUT2D eigenvalue weighted by Gasteiger charge is -2.15. The van der Waals surface area contributed by atoms with Gasteiger partial charge in [0, 0.05) is 11.3 Å². The smallest absolute Gasteiger partial charge is 0.203 e. The molecule has 0 aliphatic heterocycles. The van der Waals surface area contributed by atoms with E-state index in [1.807, 2.05) is 13.8 Å². The molecule has 1 heterocycles. The SMILES string of the molecule is CC(=O)c1c(C)cc(C)c(CSc2nnc(N)s2)c1C. The Bertz CT molecular complexity index is 665. The summed E-state index contributed by atoms with van der Waals surface area (Å²) in [4.78, 5) is 11.8. The monoisotopic (exact) mass is 307 g/mol. The molecule has 20 heavy (non-hydrogen) atoms. The molecule has 2 rings (SSSR count). The maximum Gasteiger partial charge on any atom is 0.203 e. The summed E-state index contributed by atoms with van der Waals surface area (Å²) in [6.07, 6.45) is 0. The summed E-state index contributed by atoms with van der Waals surface area (Å²) in [5, 5.41) is 8.29. The third kappa shape index (κ3) is 3.02. The van der Waals surface area contributed by atoms with Gasteiger partial charge in [-0.2, -0.15) is 0 Å². The second kappa shape index (κ2) is 5.93. The Kier molecular flexibility index (Phi) is 4.45. The van der Waals surface area contributed by atoms with Gasteiger partial charge in [0.25, 0.3) is 0 Å². The van der Waals surface area contributed by atoms with Crippen LogP contribution in [0, 0.1) is 20.8 Å². The highest BCUT2D eigenvalue weighted by atomic mass is 32.2. The van der Waals surface area contributed by atoms with Gasteiger partial charge in [-0.15, -0.1) is 10.2 Å². The van der Waals surface area contributed by atoms with Crippen molar-refractivity contribution in [3.05, 3.63) is 33.9 Å². The highest BCUT2D eigenvalue weighted by Gasteiger charge is 2.15. The summed E-state index contributed by atoms with van der Waals surface area (Å²) in [5.74, 6) is 0.888. The highest BCUT2D eigenvalue weighted by Crippen LogP contribution is 2.31. The minimum Gasteiger partial charge on any atom is -0.374 e. The fourth-order valence-corrected chi connectivity index (χ4v) is 4.22. The molecular formula is C14H17N3OS2. The number of thioether (sulfide) groups is 1. The molecule has 0 amide bonds. The number of ketones is 1. The zero-order valence-corrected chi connectivity index (χ0v) is 13.6. The van der Waals surface area contributed by atoms with E-state index < -0.39 is 0 Å². The summed E-state index contributed by atoms with van der Waals surface area (Å²) >= 11 is 2.99. The third-order valence-corrected chi connectivity index (χ3v) is 5.16. The Balaban J connectivity index is 2.31. The van der Waals surface area contributed by atoms with Gasteiger partial charge in [-0.05, 0) is 49.9 Å². The number of rotatable bonds is 4. The number of Topliss-reactive ketones (excluding diaryl/α,β-unsaturated/α-hetero) is 1. The van der Waals surface area contributed by atoms with Gasteiger partial charge in [-0.1, -0.05) is 29.2 Å². The molecule has 0 aliphatic carbocycles. The normalized spacial score (nSPS) is 10.8. The molecule has 0 radical (unpaired) electrons. The van der Waals surface area contributed by atoms with E-state index in [2.05, 4.69) is 23.2 Å².